The van der Waals surface area contributed by atoms with Gasteiger partial charge in [0.2, 0.25) is 5.91 Å². The molecular formula is C8H14N4O3S. The molecule has 0 aliphatic rings. The van der Waals surface area contributed by atoms with E-state index >= 15 is 0 Å². The molecule has 0 spiro atoms. The normalized spacial score (nSPS) is 13.4. The number of nitrogens with one attached hydrogen (secondary N) is 2. The number of rotatable bonds is 5. The van der Waals surface area contributed by atoms with E-state index in [0.717, 1.165) is 6.26 Å². The van der Waals surface area contributed by atoms with Gasteiger partial charge in [-0.05, 0) is 6.42 Å². The molecule has 1 aromatic rings. The van der Waals surface area contributed by atoms with Crippen molar-refractivity contribution in [3.8, 4) is 0 Å². The van der Waals surface area contributed by atoms with Gasteiger partial charge in [-0.3, -0.25) is 9.89 Å². The van der Waals surface area contributed by atoms with Crippen LogP contribution in [-0.4, -0.2) is 42.6 Å². The molecule has 0 aromatic carbocycles. The Labute approximate surface area is 93.3 Å². The Hall–Kier alpha value is -1.41. The van der Waals surface area contributed by atoms with Gasteiger partial charge in [-0.15, -0.1) is 0 Å². The number of sulfone groups is 1. The molecule has 1 atom stereocenters. The van der Waals surface area contributed by atoms with Gasteiger partial charge in [0, 0.05) is 12.3 Å². The number of amides is 1. The van der Waals surface area contributed by atoms with Crippen LogP contribution in [0.3, 0.4) is 0 Å². The lowest BCUT2D eigenvalue weighted by Crippen LogP contribution is -2.37. The first-order valence-corrected chi connectivity index (χ1v) is 6.68. The van der Waals surface area contributed by atoms with Gasteiger partial charge >= 0.3 is 0 Å². The molecule has 16 heavy (non-hydrogen) atoms. The first kappa shape index (κ1) is 12.7. The van der Waals surface area contributed by atoms with Crippen molar-refractivity contribution in [2.75, 3.05) is 17.3 Å². The molecule has 0 radical (unpaired) electrons. The number of aromatic nitrogens is 2. The second-order valence-corrected chi connectivity index (χ2v) is 5.74. The lowest BCUT2D eigenvalue weighted by molar-refractivity contribution is -0.117. The van der Waals surface area contributed by atoms with Crippen LogP contribution in [0.4, 0.5) is 5.82 Å². The van der Waals surface area contributed by atoms with E-state index < -0.39 is 21.8 Å². The molecule has 0 saturated heterocycles. The number of nitrogens with zero attached hydrogens (tertiary/aromatic N) is 1. The molecule has 1 unspecified atom stereocenters. The minimum atomic E-state index is -3.09. The van der Waals surface area contributed by atoms with Crippen LogP contribution in [-0.2, 0) is 14.6 Å². The molecule has 0 fully saturated rings. The lowest BCUT2D eigenvalue weighted by Gasteiger charge is -2.09. The maximum atomic E-state index is 11.4. The Morgan fingerprint density at radius 2 is 2.38 bits per heavy atom. The van der Waals surface area contributed by atoms with E-state index in [1.165, 1.54) is 6.20 Å². The van der Waals surface area contributed by atoms with Crippen LogP contribution >= 0.6 is 0 Å². The van der Waals surface area contributed by atoms with Gasteiger partial charge in [0.25, 0.3) is 0 Å². The topological polar surface area (TPSA) is 118 Å². The van der Waals surface area contributed by atoms with Crippen LogP contribution in [0.1, 0.15) is 6.42 Å². The summed E-state index contributed by atoms with van der Waals surface area (Å²) >= 11 is 0. The average molecular weight is 246 g/mol. The van der Waals surface area contributed by atoms with Crippen molar-refractivity contribution in [3.05, 3.63) is 12.3 Å². The smallest absolute Gasteiger partial charge is 0.242 e. The summed E-state index contributed by atoms with van der Waals surface area (Å²) in [4.78, 5) is 11.4. The van der Waals surface area contributed by atoms with Crippen LogP contribution in [0.15, 0.2) is 12.3 Å². The summed E-state index contributed by atoms with van der Waals surface area (Å²) in [5, 5.41) is 8.66. The number of hydrogen-bond acceptors (Lipinski definition) is 5. The van der Waals surface area contributed by atoms with Crippen LogP contribution in [0.25, 0.3) is 0 Å². The summed E-state index contributed by atoms with van der Waals surface area (Å²) in [6, 6.07) is 0.722. The highest BCUT2D eigenvalue weighted by Gasteiger charge is 2.16. The molecule has 1 rings (SSSR count). The van der Waals surface area contributed by atoms with E-state index in [1.54, 1.807) is 6.07 Å². The zero-order valence-corrected chi connectivity index (χ0v) is 9.62. The Kier molecular flexibility index (Phi) is 4.02. The van der Waals surface area contributed by atoms with Gasteiger partial charge in [-0.25, -0.2) is 8.42 Å². The maximum absolute atomic E-state index is 11.4. The van der Waals surface area contributed by atoms with Gasteiger partial charge in [-0.2, -0.15) is 5.10 Å². The fourth-order valence-electron chi connectivity index (χ4n) is 1.02. The van der Waals surface area contributed by atoms with Gasteiger partial charge in [0.1, 0.15) is 15.7 Å². The predicted octanol–water partition coefficient (Wildman–Crippen LogP) is -0.890. The lowest BCUT2D eigenvalue weighted by atomic mass is 10.2. The van der Waals surface area contributed by atoms with E-state index in [1.807, 2.05) is 0 Å². The number of anilines is 1. The number of carbonyl (C=O) groups is 1. The molecule has 1 aromatic heterocycles. The van der Waals surface area contributed by atoms with Gasteiger partial charge < -0.3 is 11.1 Å². The van der Waals surface area contributed by atoms with Crippen molar-refractivity contribution in [2.45, 2.75) is 12.5 Å². The van der Waals surface area contributed by atoms with Crippen molar-refractivity contribution in [3.63, 3.8) is 0 Å². The summed E-state index contributed by atoms with van der Waals surface area (Å²) in [7, 11) is -3.09. The Balaban J connectivity index is 2.42. The zero-order chi connectivity index (χ0) is 12.2. The Bertz CT molecular complexity index is 440. The molecule has 1 amide bonds. The largest absolute Gasteiger partial charge is 0.320 e. The van der Waals surface area contributed by atoms with Gasteiger partial charge in [0.05, 0.1) is 18.0 Å². The first-order chi connectivity index (χ1) is 7.38. The third kappa shape index (κ3) is 4.41. The standard InChI is InChI=1S/C8H14N4O3S/c1-16(14,15)5-3-6(9)8(13)11-7-2-4-10-12-7/h2,4,6H,3,5,9H2,1H3,(H2,10,11,12,13). The van der Waals surface area contributed by atoms with Crippen molar-refractivity contribution in [1.29, 1.82) is 0 Å². The van der Waals surface area contributed by atoms with Crippen LogP contribution in [0.5, 0.6) is 0 Å². The molecule has 0 bridgehead atoms. The fourth-order valence-corrected chi connectivity index (χ4v) is 1.71. The summed E-state index contributed by atoms with van der Waals surface area (Å²) < 4.78 is 21.7. The monoisotopic (exact) mass is 246 g/mol. The Morgan fingerprint density at radius 3 is 2.88 bits per heavy atom. The molecular weight excluding hydrogens is 232 g/mol. The number of nitrogens with two attached hydrogens (primary N) is 1. The second-order valence-electron chi connectivity index (χ2n) is 3.48. The number of H-pyrrole nitrogens is 1. The van der Waals surface area contributed by atoms with E-state index in [9.17, 15) is 13.2 Å². The fraction of sp³-hybridized carbons (Fsp3) is 0.500. The molecule has 7 nitrogen and oxygen atoms in total. The first-order valence-electron chi connectivity index (χ1n) is 4.62. The summed E-state index contributed by atoms with van der Waals surface area (Å²) in [5.41, 5.74) is 5.53. The molecule has 4 N–H and O–H groups in total. The number of aromatic amines is 1. The Morgan fingerprint density at radius 1 is 1.69 bits per heavy atom. The highest BCUT2D eigenvalue weighted by molar-refractivity contribution is 7.90. The van der Waals surface area contributed by atoms with Crippen LogP contribution < -0.4 is 11.1 Å². The zero-order valence-electron chi connectivity index (χ0n) is 8.80. The average Bonchev–Trinajstić information content (AvgIpc) is 2.65. The third-order valence-corrected chi connectivity index (χ3v) is 2.87. The van der Waals surface area contributed by atoms with E-state index in [-0.39, 0.29) is 12.2 Å². The van der Waals surface area contributed by atoms with Crippen molar-refractivity contribution < 1.29 is 13.2 Å². The molecule has 0 aliphatic heterocycles. The third-order valence-electron chi connectivity index (χ3n) is 1.90. The van der Waals surface area contributed by atoms with Crippen molar-refractivity contribution in [2.24, 2.45) is 5.73 Å². The van der Waals surface area contributed by atoms with Crippen molar-refractivity contribution >= 4 is 21.6 Å². The van der Waals surface area contributed by atoms with E-state index in [0.29, 0.717) is 5.82 Å². The number of hydrogen-bond donors (Lipinski definition) is 3. The quantitative estimate of drug-likeness (QED) is 0.623. The van der Waals surface area contributed by atoms with E-state index in [4.69, 9.17) is 5.73 Å². The predicted molar refractivity (Wildman–Crippen MR) is 59.5 cm³/mol. The molecule has 0 aliphatic carbocycles. The highest BCUT2D eigenvalue weighted by Crippen LogP contribution is 2.01. The summed E-state index contributed by atoms with van der Waals surface area (Å²) in [6.45, 7) is 0. The van der Waals surface area contributed by atoms with Crippen LogP contribution in [0, 0.1) is 0 Å². The number of carbonyl (C=O) groups excluding carboxylic acids is 1. The highest BCUT2D eigenvalue weighted by atomic mass is 32.2. The van der Waals surface area contributed by atoms with Gasteiger partial charge in [-0.1, -0.05) is 0 Å². The SMILES string of the molecule is CS(=O)(=O)CCC(N)C(=O)Nc1ccn[nH]1. The minimum absolute atomic E-state index is 0.0960. The minimum Gasteiger partial charge on any atom is -0.320 e. The van der Waals surface area contributed by atoms with Crippen LogP contribution in [0.2, 0.25) is 0 Å². The molecule has 0 saturated carbocycles. The molecule has 1 heterocycles. The molecule has 90 valence electrons. The second kappa shape index (κ2) is 5.08. The summed E-state index contributed by atoms with van der Waals surface area (Å²) in [6.07, 6.45) is 2.68. The summed E-state index contributed by atoms with van der Waals surface area (Å²) in [5.74, 6) is -0.113. The van der Waals surface area contributed by atoms with Crippen molar-refractivity contribution in [1.82, 2.24) is 10.2 Å². The molecule has 8 heteroatoms. The van der Waals surface area contributed by atoms with Gasteiger partial charge in [0.15, 0.2) is 0 Å². The van der Waals surface area contributed by atoms with E-state index in [2.05, 4.69) is 15.5 Å². The maximum Gasteiger partial charge on any atom is 0.242 e.